The van der Waals surface area contributed by atoms with Crippen LogP contribution in [0.2, 0.25) is 0 Å². The highest BCUT2D eigenvalue weighted by atomic mass is 15.1. The number of pyridine rings is 1. The Morgan fingerprint density at radius 1 is 0.781 bits per heavy atom. The Hall–Kier alpha value is -3.31. The van der Waals surface area contributed by atoms with Gasteiger partial charge in [0, 0.05) is 53.6 Å². The lowest BCUT2D eigenvalue weighted by atomic mass is 9.96. The van der Waals surface area contributed by atoms with Crippen LogP contribution in [0.4, 0.5) is 5.82 Å². The monoisotopic (exact) mass is 423 g/mol. The van der Waals surface area contributed by atoms with Gasteiger partial charge in [-0.05, 0) is 66.9 Å². The molecule has 5 heterocycles. The molecule has 1 aromatic carbocycles. The van der Waals surface area contributed by atoms with Crippen LogP contribution in [0.3, 0.4) is 0 Å². The van der Waals surface area contributed by atoms with E-state index in [2.05, 4.69) is 61.9 Å². The Bertz CT molecular complexity index is 1160. The number of H-pyrrole nitrogens is 1. The number of benzene rings is 1. The molecule has 5 nitrogen and oxygen atoms in total. The van der Waals surface area contributed by atoms with Crippen molar-refractivity contribution in [1.29, 1.82) is 0 Å². The number of fused-ring (bicyclic) bond motifs is 3. The number of aromatic amines is 1. The molecule has 1 saturated heterocycles. The second kappa shape index (κ2) is 8.32. The Morgan fingerprint density at radius 2 is 1.59 bits per heavy atom. The molecule has 3 aliphatic heterocycles. The summed E-state index contributed by atoms with van der Waals surface area (Å²) in [6.45, 7) is 5.19. The van der Waals surface area contributed by atoms with Crippen LogP contribution >= 0.6 is 0 Å². The largest absolute Gasteiger partial charge is 0.379 e. The smallest absolute Gasteiger partial charge is 0.111 e. The number of piperidine rings is 1. The van der Waals surface area contributed by atoms with Gasteiger partial charge in [0.1, 0.15) is 5.82 Å². The Kier molecular flexibility index (Phi) is 5.04. The molecule has 0 saturated carbocycles. The van der Waals surface area contributed by atoms with E-state index in [9.17, 15) is 0 Å². The molecule has 0 amide bonds. The molecule has 6 rings (SSSR count). The standard InChI is InChI=1S/C27H29N5/c1-2-12-32(13-3-1)18-19-4-6-20(7-5-19)22-14-24-23-15-25(21-8-10-28-11-9-21)29-17-26(23)31-27(24)30-16-22/h4-11,14-15,29-31H,1-3,12-13,16-18H2. The van der Waals surface area contributed by atoms with Crippen LogP contribution in [-0.2, 0) is 13.1 Å². The highest BCUT2D eigenvalue weighted by molar-refractivity contribution is 5.96. The zero-order valence-electron chi connectivity index (χ0n) is 18.3. The quantitative estimate of drug-likeness (QED) is 0.555. The van der Waals surface area contributed by atoms with E-state index in [1.165, 1.54) is 65.9 Å². The summed E-state index contributed by atoms with van der Waals surface area (Å²) in [5.41, 5.74) is 10.1. The van der Waals surface area contributed by atoms with Crippen molar-refractivity contribution >= 4 is 29.2 Å². The number of likely N-dealkylation sites (tertiary alicyclic amines) is 1. The Balaban J connectivity index is 1.26. The third-order valence-electron chi connectivity index (χ3n) is 6.85. The van der Waals surface area contributed by atoms with E-state index in [4.69, 9.17) is 0 Å². The minimum absolute atomic E-state index is 0.798. The van der Waals surface area contributed by atoms with Crippen LogP contribution in [0, 0.1) is 0 Å². The van der Waals surface area contributed by atoms with Crippen molar-refractivity contribution in [3.63, 3.8) is 0 Å². The molecule has 0 atom stereocenters. The molecule has 0 unspecified atom stereocenters. The number of rotatable bonds is 4. The van der Waals surface area contributed by atoms with Crippen LogP contribution in [-0.4, -0.2) is 34.5 Å². The fraction of sp³-hybridized carbons (Fsp3) is 0.296. The summed E-state index contributed by atoms with van der Waals surface area (Å²) < 4.78 is 0. The van der Waals surface area contributed by atoms with Crippen molar-refractivity contribution in [3.05, 3.63) is 82.3 Å². The van der Waals surface area contributed by atoms with Crippen LogP contribution in [0.1, 0.15) is 52.8 Å². The van der Waals surface area contributed by atoms with E-state index in [-0.39, 0.29) is 0 Å². The second-order valence-electron chi connectivity index (χ2n) is 9.01. The third-order valence-corrected chi connectivity index (χ3v) is 6.85. The fourth-order valence-electron chi connectivity index (χ4n) is 5.07. The van der Waals surface area contributed by atoms with Crippen molar-refractivity contribution in [1.82, 2.24) is 20.2 Å². The molecule has 32 heavy (non-hydrogen) atoms. The number of nitrogens with zero attached hydrogens (tertiary/aromatic N) is 2. The molecular weight excluding hydrogens is 394 g/mol. The first kappa shape index (κ1) is 19.4. The highest BCUT2D eigenvalue weighted by Crippen LogP contribution is 2.36. The van der Waals surface area contributed by atoms with Gasteiger partial charge < -0.3 is 15.6 Å². The SMILES string of the molecule is C1=C(c2ccc(CN3CCCCC3)cc2)CNc2[nH]c3c(c21)C=C(c1ccncc1)NC3. The molecule has 0 bridgehead atoms. The minimum Gasteiger partial charge on any atom is -0.379 e. The molecule has 162 valence electrons. The summed E-state index contributed by atoms with van der Waals surface area (Å²) in [6, 6.07) is 13.3. The van der Waals surface area contributed by atoms with Gasteiger partial charge in [-0.2, -0.15) is 0 Å². The summed E-state index contributed by atoms with van der Waals surface area (Å²) in [5, 5.41) is 7.14. The number of hydrogen-bond acceptors (Lipinski definition) is 4. The maximum Gasteiger partial charge on any atom is 0.111 e. The number of nitrogens with one attached hydrogen (secondary N) is 3. The minimum atomic E-state index is 0.798. The predicted molar refractivity (Wildman–Crippen MR) is 132 cm³/mol. The highest BCUT2D eigenvalue weighted by Gasteiger charge is 2.22. The number of aromatic nitrogens is 2. The first-order valence-corrected chi connectivity index (χ1v) is 11.7. The molecule has 2 aromatic heterocycles. The van der Waals surface area contributed by atoms with Crippen LogP contribution in [0.15, 0.2) is 48.8 Å². The van der Waals surface area contributed by atoms with Crippen molar-refractivity contribution in [2.45, 2.75) is 32.4 Å². The maximum absolute atomic E-state index is 4.14. The Morgan fingerprint density at radius 3 is 2.41 bits per heavy atom. The van der Waals surface area contributed by atoms with E-state index in [0.29, 0.717) is 0 Å². The summed E-state index contributed by atoms with van der Waals surface area (Å²) in [5.74, 6) is 1.12. The van der Waals surface area contributed by atoms with Crippen LogP contribution < -0.4 is 10.6 Å². The maximum atomic E-state index is 4.14. The third kappa shape index (κ3) is 3.73. The van der Waals surface area contributed by atoms with Crippen molar-refractivity contribution in [2.75, 3.05) is 25.0 Å². The van der Waals surface area contributed by atoms with Gasteiger partial charge in [0.2, 0.25) is 0 Å². The first-order chi connectivity index (χ1) is 15.8. The predicted octanol–water partition coefficient (Wildman–Crippen LogP) is 4.96. The lowest BCUT2D eigenvalue weighted by Gasteiger charge is -2.26. The van der Waals surface area contributed by atoms with Gasteiger partial charge in [-0.1, -0.05) is 30.7 Å². The van der Waals surface area contributed by atoms with E-state index in [0.717, 1.165) is 36.7 Å². The van der Waals surface area contributed by atoms with Gasteiger partial charge >= 0.3 is 0 Å². The molecule has 0 radical (unpaired) electrons. The molecule has 5 heteroatoms. The molecular formula is C27H29N5. The van der Waals surface area contributed by atoms with Crippen molar-refractivity contribution in [3.8, 4) is 0 Å². The fourth-order valence-corrected chi connectivity index (χ4v) is 5.07. The summed E-state index contributed by atoms with van der Waals surface area (Å²) in [6.07, 6.45) is 12.4. The first-order valence-electron chi connectivity index (χ1n) is 11.7. The van der Waals surface area contributed by atoms with Gasteiger partial charge in [0.25, 0.3) is 0 Å². The zero-order valence-corrected chi connectivity index (χ0v) is 18.3. The normalized spacial score (nSPS) is 18.0. The molecule has 3 aromatic rings. The van der Waals surface area contributed by atoms with E-state index < -0.39 is 0 Å². The number of hydrogen-bond donors (Lipinski definition) is 3. The lowest BCUT2D eigenvalue weighted by molar-refractivity contribution is 0.221. The average Bonchev–Trinajstić information content (AvgIpc) is 3.23. The molecule has 3 aliphatic rings. The summed E-state index contributed by atoms with van der Waals surface area (Å²) >= 11 is 0. The molecule has 0 aliphatic carbocycles. The van der Waals surface area contributed by atoms with Gasteiger partial charge in [0.15, 0.2) is 0 Å². The van der Waals surface area contributed by atoms with Crippen LogP contribution in [0.5, 0.6) is 0 Å². The van der Waals surface area contributed by atoms with Gasteiger partial charge in [-0.15, -0.1) is 0 Å². The van der Waals surface area contributed by atoms with E-state index >= 15 is 0 Å². The molecule has 0 spiro atoms. The molecule has 3 N–H and O–H groups in total. The number of anilines is 1. The van der Waals surface area contributed by atoms with Gasteiger partial charge in [-0.3, -0.25) is 9.88 Å². The summed E-state index contributed by atoms with van der Waals surface area (Å²) in [7, 11) is 0. The molecule has 1 fully saturated rings. The van der Waals surface area contributed by atoms with Gasteiger partial charge in [-0.25, -0.2) is 0 Å². The Labute approximate surface area is 189 Å². The lowest BCUT2D eigenvalue weighted by Crippen LogP contribution is -2.29. The van der Waals surface area contributed by atoms with Crippen LogP contribution in [0.25, 0.3) is 23.4 Å². The van der Waals surface area contributed by atoms with E-state index in [1.807, 2.05) is 24.5 Å². The second-order valence-corrected chi connectivity index (χ2v) is 9.01. The topological polar surface area (TPSA) is 56.0 Å². The van der Waals surface area contributed by atoms with Crippen molar-refractivity contribution in [2.24, 2.45) is 0 Å². The van der Waals surface area contributed by atoms with E-state index in [1.54, 1.807) is 0 Å². The average molecular weight is 424 g/mol. The van der Waals surface area contributed by atoms with Gasteiger partial charge in [0.05, 0.1) is 6.54 Å². The zero-order chi connectivity index (χ0) is 21.3. The summed E-state index contributed by atoms with van der Waals surface area (Å²) in [4.78, 5) is 10.3. The van der Waals surface area contributed by atoms with Crippen molar-refractivity contribution < 1.29 is 0 Å².